The minimum atomic E-state index is 0.718. The van der Waals surface area contributed by atoms with Crippen molar-refractivity contribution < 1.29 is 4.74 Å². The summed E-state index contributed by atoms with van der Waals surface area (Å²) < 4.78 is 9.38. The minimum Gasteiger partial charge on any atom is -0.497 e. The summed E-state index contributed by atoms with van der Waals surface area (Å²) in [5.41, 5.74) is 3.23. The quantitative estimate of drug-likeness (QED) is 0.459. The van der Waals surface area contributed by atoms with Gasteiger partial charge in [-0.15, -0.1) is 10.2 Å². The number of methoxy groups -OCH3 is 1. The van der Waals surface area contributed by atoms with Gasteiger partial charge in [-0.1, -0.05) is 29.5 Å². The Hall–Kier alpha value is -3.06. The molecule has 0 aliphatic heterocycles. The first kappa shape index (κ1) is 18.3. The van der Waals surface area contributed by atoms with Gasteiger partial charge in [-0.25, -0.2) is 4.98 Å². The molecule has 2 aromatic carbocycles. The molecule has 0 atom stereocenters. The smallest absolute Gasteiger partial charge is 0.196 e. The lowest BCUT2D eigenvalue weighted by atomic mass is 10.2. The first-order chi connectivity index (χ1) is 13.7. The summed E-state index contributed by atoms with van der Waals surface area (Å²) in [7, 11) is 3.66. The molecule has 0 unspecified atom stereocenters. The Labute approximate surface area is 168 Å². The molecule has 142 valence electrons. The molecule has 0 saturated heterocycles. The molecule has 7 heteroatoms. The molecule has 4 rings (SSSR count). The molecule has 2 heterocycles. The van der Waals surface area contributed by atoms with Crippen LogP contribution in [0.3, 0.4) is 0 Å². The Kier molecular flexibility index (Phi) is 5.16. The third-order valence-electron chi connectivity index (χ3n) is 4.53. The van der Waals surface area contributed by atoms with E-state index in [0.29, 0.717) is 0 Å². The van der Waals surface area contributed by atoms with Crippen LogP contribution in [0.5, 0.6) is 5.75 Å². The van der Waals surface area contributed by atoms with Gasteiger partial charge in [0, 0.05) is 30.7 Å². The second-order valence-electron chi connectivity index (χ2n) is 6.45. The molecule has 0 N–H and O–H groups in total. The van der Waals surface area contributed by atoms with E-state index in [1.165, 1.54) is 5.56 Å². The first-order valence-electron chi connectivity index (χ1n) is 8.91. The molecule has 2 aromatic heterocycles. The number of benzene rings is 2. The van der Waals surface area contributed by atoms with E-state index in [2.05, 4.69) is 50.9 Å². The molecular weight excluding hydrogens is 370 g/mol. The fourth-order valence-electron chi connectivity index (χ4n) is 2.88. The maximum atomic E-state index is 5.27. The van der Waals surface area contributed by atoms with Crippen LogP contribution >= 0.6 is 11.8 Å². The van der Waals surface area contributed by atoms with Crippen LogP contribution in [0, 0.1) is 6.92 Å². The number of imidazole rings is 1. The zero-order valence-electron chi connectivity index (χ0n) is 16.0. The number of thioether (sulfide) groups is 1. The van der Waals surface area contributed by atoms with E-state index >= 15 is 0 Å². The maximum Gasteiger partial charge on any atom is 0.196 e. The summed E-state index contributed by atoms with van der Waals surface area (Å²) in [6, 6.07) is 16.3. The van der Waals surface area contributed by atoms with Crippen LogP contribution in [-0.2, 0) is 12.8 Å². The zero-order chi connectivity index (χ0) is 19.5. The van der Waals surface area contributed by atoms with Gasteiger partial charge in [-0.3, -0.25) is 4.57 Å². The number of rotatable bonds is 6. The van der Waals surface area contributed by atoms with Crippen LogP contribution < -0.4 is 4.74 Å². The summed E-state index contributed by atoms with van der Waals surface area (Å²) in [4.78, 5) is 4.40. The van der Waals surface area contributed by atoms with Crippen LogP contribution in [0.15, 0.2) is 66.1 Å². The monoisotopic (exact) mass is 391 g/mol. The summed E-state index contributed by atoms with van der Waals surface area (Å²) in [6.07, 6.45) is 3.76. The number of ether oxygens (including phenoxy) is 1. The van der Waals surface area contributed by atoms with Crippen molar-refractivity contribution in [2.75, 3.05) is 7.11 Å². The van der Waals surface area contributed by atoms with Gasteiger partial charge in [-0.2, -0.15) is 0 Å². The van der Waals surface area contributed by atoms with Crippen molar-refractivity contribution >= 4 is 11.8 Å². The fraction of sp³-hybridized carbons (Fsp3) is 0.190. The van der Waals surface area contributed by atoms with Gasteiger partial charge in [-0.05, 0) is 43.3 Å². The lowest BCUT2D eigenvalue weighted by Crippen LogP contribution is -2.01. The predicted molar refractivity (Wildman–Crippen MR) is 111 cm³/mol. The van der Waals surface area contributed by atoms with Crippen molar-refractivity contribution in [1.82, 2.24) is 24.3 Å². The summed E-state index contributed by atoms with van der Waals surface area (Å²) >= 11 is 1.62. The normalized spacial score (nSPS) is 11.0. The molecule has 0 radical (unpaired) electrons. The maximum absolute atomic E-state index is 5.27. The SMILES string of the molecule is COc1ccc(-c2nnc(SCc3nccn3C)n2-c2ccc(C)cc2)cc1. The Morgan fingerprint density at radius 1 is 1.00 bits per heavy atom. The highest BCUT2D eigenvalue weighted by Gasteiger charge is 2.17. The molecular formula is C21H21N5OS. The van der Waals surface area contributed by atoms with Gasteiger partial charge in [0.2, 0.25) is 0 Å². The third kappa shape index (κ3) is 3.66. The summed E-state index contributed by atoms with van der Waals surface area (Å²) in [5.74, 6) is 3.33. The van der Waals surface area contributed by atoms with E-state index in [4.69, 9.17) is 4.74 Å². The summed E-state index contributed by atoms with van der Waals surface area (Å²) in [6.45, 7) is 2.08. The second kappa shape index (κ2) is 7.90. The van der Waals surface area contributed by atoms with Gasteiger partial charge >= 0.3 is 0 Å². The van der Waals surface area contributed by atoms with E-state index < -0.39 is 0 Å². The lowest BCUT2D eigenvalue weighted by molar-refractivity contribution is 0.415. The standard InChI is InChI=1S/C21H21N5OS/c1-15-4-8-17(9-5-15)26-20(16-6-10-18(27-3)11-7-16)23-24-21(26)28-14-19-22-12-13-25(19)2/h4-13H,14H2,1-3H3. The van der Waals surface area contributed by atoms with E-state index in [1.807, 2.05) is 48.3 Å². The molecule has 0 aliphatic carbocycles. The van der Waals surface area contributed by atoms with E-state index in [0.717, 1.165) is 39.6 Å². The number of aromatic nitrogens is 5. The van der Waals surface area contributed by atoms with Gasteiger partial charge in [0.15, 0.2) is 11.0 Å². The number of aryl methyl sites for hydroxylation is 2. The van der Waals surface area contributed by atoms with E-state index in [1.54, 1.807) is 18.9 Å². The highest BCUT2D eigenvalue weighted by atomic mass is 32.2. The molecule has 0 bridgehead atoms. The van der Waals surface area contributed by atoms with Gasteiger partial charge in [0.1, 0.15) is 11.6 Å². The largest absolute Gasteiger partial charge is 0.497 e. The van der Waals surface area contributed by atoms with Crippen LogP contribution in [0.2, 0.25) is 0 Å². The van der Waals surface area contributed by atoms with E-state index in [9.17, 15) is 0 Å². The molecule has 0 spiro atoms. The zero-order valence-corrected chi connectivity index (χ0v) is 16.8. The van der Waals surface area contributed by atoms with Crippen molar-refractivity contribution in [2.45, 2.75) is 17.8 Å². The molecule has 0 saturated carbocycles. The second-order valence-corrected chi connectivity index (χ2v) is 7.39. The van der Waals surface area contributed by atoms with Crippen molar-refractivity contribution in [3.63, 3.8) is 0 Å². The first-order valence-corrected chi connectivity index (χ1v) is 9.90. The summed E-state index contributed by atoms with van der Waals surface area (Å²) in [5, 5.41) is 9.79. The molecule has 0 amide bonds. The highest BCUT2D eigenvalue weighted by molar-refractivity contribution is 7.98. The Balaban J connectivity index is 1.74. The van der Waals surface area contributed by atoms with Crippen LogP contribution in [0.25, 0.3) is 17.1 Å². The Morgan fingerprint density at radius 3 is 2.39 bits per heavy atom. The van der Waals surface area contributed by atoms with Crippen molar-refractivity contribution in [3.8, 4) is 22.8 Å². The van der Waals surface area contributed by atoms with Gasteiger partial charge in [0.25, 0.3) is 0 Å². The molecule has 4 aromatic rings. The molecule has 6 nitrogen and oxygen atoms in total. The highest BCUT2D eigenvalue weighted by Crippen LogP contribution is 2.30. The number of hydrogen-bond acceptors (Lipinski definition) is 5. The molecule has 0 fully saturated rings. The van der Waals surface area contributed by atoms with E-state index in [-0.39, 0.29) is 0 Å². The lowest BCUT2D eigenvalue weighted by Gasteiger charge is -2.11. The van der Waals surface area contributed by atoms with Crippen molar-refractivity contribution in [1.29, 1.82) is 0 Å². The van der Waals surface area contributed by atoms with Crippen LogP contribution in [0.4, 0.5) is 0 Å². The number of nitrogens with zero attached hydrogens (tertiary/aromatic N) is 5. The number of hydrogen-bond donors (Lipinski definition) is 0. The average Bonchev–Trinajstić information content (AvgIpc) is 3.33. The van der Waals surface area contributed by atoms with Crippen LogP contribution in [-0.4, -0.2) is 31.4 Å². The Morgan fingerprint density at radius 2 is 1.75 bits per heavy atom. The van der Waals surface area contributed by atoms with Gasteiger partial charge in [0.05, 0.1) is 12.9 Å². The fourth-order valence-corrected chi connectivity index (χ4v) is 3.84. The minimum absolute atomic E-state index is 0.718. The topological polar surface area (TPSA) is 57.8 Å². The average molecular weight is 392 g/mol. The predicted octanol–water partition coefficient (Wildman–Crippen LogP) is 4.28. The van der Waals surface area contributed by atoms with Crippen LogP contribution in [0.1, 0.15) is 11.4 Å². The van der Waals surface area contributed by atoms with Crippen molar-refractivity contribution in [3.05, 3.63) is 72.3 Å². The molecule has 0 aliphatic rings. The van der Waals surface area contributed by atoms with Crippen molar-refractivity contribution in [2.24, 2.45) is 7.05 Å². The molecule has 28 heavy (non-hydrogen) atoms. The van der Waals surface area contributed by atoms with Gasteiger partial charge < -0.3 is 9.30 Å². The Bertz CT molecular complexity index is 1070. The third-order valence-corrected chi connectivity index (χ3v) is 5.45.